The highest BCUT2D eigenvalue weighted by Gasteiger charge is 2.34. The molecule has 0 amide bonds. The number of benzene rings is 2. The molecule has 2 unspecified atom stereocenters. The van der Waals surface area contributed by atoms with E-state index < -0.39 is 0 Å². The van der Waals surface area contributed by atoms with E-state index in [-0.39, 0.29) is 11.8 Å². The molecule has 0 saturated carbocycles. The number of fused-ring (bicyclic) bond motifs is 2. The first-order chi connectivity index (χ1) is 11.9. The van der Waals surface area contributed by atoms with Crippen LogP contribution in [0.1, 0.15) is 62.8 Å². The van der Waals surface area contributed by atoms with Crippen molar-refractivity contribution in [3.05, 3.63) is 78.8 Å². The number of hydrogen-bond donors (Lipinski definition) is 0. The quantitative estimate of drug-likeness (QED) is 0.519. The van der Waals surface area contributed by atoms with E-state index in [4.69, 9.17) is 23.2 Å². The average molecular weight is 369 g/mol. The van der Waals surface area contributed by atoms with Gasteiger partial charge in [-0.3, -0.25) is 0 Å². The van der Waals surface area contributed by atoms with E-state index in [0.29, 0.717) is 0 Å². The Morgan fingerprint density at radius 3 is 1.40 bits per heavy atom. The minimum absolute atomic E-state index is 0.231. The van der Waals surface area contributed by atoms with Gasteiger partial charge in [0.2, 0.25) is 0 Å². The Labute approximate surface area is 160 Å². The van der Waals surface area contributed by atoms with Gasteiger partial charge >= 0.3 is 0 Å². The summed E-state index contributed by atoms with van der Waals surface area (Å²) in [4.78, 5) is 0. The van der Waals surface area contributed by atoms with E-state index in [0.717, 1.165) is 16.5 Å². The second-order valence-corrected chi connectivity index (χ2v) is 8.33. The Bertz CT molecular complexity index is 870. The molecular weight excluding hydrogens is 347 g/mol. The zero-order chi connectivity index (χ0) is 17.9. The Hall–Kier alpha value is -1.50. The molecule has 0 aromatic heterocycles. The van der Waals surface area contributed by atoms with Gasteiger partial charge in [0.1, 0.15) is 0 Å². The summed E-state index contributed by atoms with van der Waals surface area (Å²) in [6.45, 7) is 8.69. The Balaban J connectivity index is 1.78. The Morgan fingerprint density at radius 1 is 0.640 bits per heavy atom. The summed E-state index contributed by atoms with van der Waals surface area (Å²) in [7, 11) is 0. The molecule has 2 heteroatoms. The summed E-state index contributed by atoms with van der Waals surface area (Å²) in [5.74, 6) is 0.462. The van der Waals surface area contributed by atoms with Gasteiger partial charge in [-0.2, -0.15) is 0 Å². The van der Waals surface area contributed by atoms with Crippen LogP contribution in [0.3, 0.4) is 0 Å². The van der Waals surface area contributed by atoms with E-state index in [1.54, 1.807) is 0 Å². The summed E-state index contributed by atoms with van der Waals surface area (Å²) in [5.41, 5.74) is 10.6. The molecule has 0 radical (unpaired) electrons. The van der Waals surface area contributed by atoms with E-state index >= 15 is 0 Å². The maximum atomic E-state index is 6.71. The van der Waals surface area contributed by atoms with Gasteiger partial charge in [0.05, 0.1) is 0 Å². The molecule has 0 heterocycles. The fourth-order valence-corrected chi connectivity index (χ4v) is 5.08. The van der Waals surface area contributed by atoms with Crippen molar-refractivity contribution in [1.82, 2.24) is 0 Å². The van der Waals surface area contributed by atoms with Crippen molar-refractivity contribution in [3.8, 4) is 0 Å². The Morgan fingerprint density at radius 2 is 1.00 bits per heavy atom. The second-order valence-electron chi connectivity index (χ2n) is 7.45. The maximum absolute atomic E-state index is 6.71. The summed E-state index contributed by atoms with van der Waals surface area (Å²) in [5, 5.41) is 1.88. The average Bonchev–Trinajstić information content (AvgIpc) is 3.08. The highest BCUT2D eigenvalue weighted by Crippen LogP contribution is 2.51. The minimum Gasteiger partial charge on any atom is -0.0885 e. The lowest BCUT2D eigenvalue weighted by molar-refractivity contribution is 0.667. The first kappa shape index (κ1) is 16.9. The summed E-state index contributed by atoms with van der Waals surface area (Å²) >= 11 is 13.4. The molecule has 2 aliphatic carbocycles. The molecule has 2 aliphatic rings. The lowest BCUT2D eigenvalue weighted by Crippen LogP contribution is -2.08. The molecule has 0 fully saturated rings. The molecule has 0 bridgehead atoms. The van der Waals surface area contributed by atoms with Crippen LogP contribution in [0.4, 0.5) is 0 Å². The van der Waals surface area contributed by atoms with Crippen molar-refractivity contribution in [2.45, 2.75) is 46.0 Å². The largest absolute Gasteiger partial charge is 0.0885 e. The van der Waals surface area contributed by atoms with Gasteiger partial charge in [-0.15, -0.1) is 0 Å². The lowest BCUT2D eigenvalue weighted by atomic mass is 9.83. The van der Waals surface area contributed by atoms with Crippen LogP contribution in [-0.4, -0.2) is 0 Å². The number of halogens is 2. The zero-order valence-corrected chi connectivity index (χ0v) is 16.6. The molecular formula is C23H22Cl2. The van der Waals surface area contributed by atoms with Crippen molar-refractivity contribution >= 4 is 35.4 Å². The van der Waals surface area contributed by atoms with Gasteiger partial charge in [-0.1, -0.05) is 47.5 Å². The van der Waals surface area contributed by atoms with E-state index in [1.165, 1.54) is 44.5 Å². The van der Waals surface area contributed by atoms with Crippen LogP contribution in [0.15, 0.2) is 34.3 Å². The van der Waals surface area contributed by atoms with Crippen LogP contribution in [0.5, 0.6) is 0 Å². The topological polar surface area (TPSA) is 0 Å². The highest BCUT2D eigenvalue weighted by molar-refractivity contribution is 6.34. The van der Waals surface area contributed by atoms with Crippen LogP contribution < -0.4 is 0 Å². The summed E-state index contributed by atoms with van der Waals surface area (Å²) in [6, 6.07) is 8.78. The van der Waals surface area contributed by atoms with Crippen molar-refractivity contribution in [2.75, 3.05) is 0 Å². The second kappa shape index (κ2) is 6.04. The monoisotopic (exact) mass is 368 g/mol. The van der Waals surface area contributed by atoms with Crippen LogP contribution in [0.25, 0.3) is 12.2 Å². The SMILES string of the molecule is Cc1ccc(C)c2c1C=C(Cl)C2CC1C(Cl)=Cc2c(C)ccc(C)c21. The van der Waals surface area contributed by atoms with Gasteiger partial charge in [0, 0.05) is 21.9 Å². The van der Waals surface area contributed by atoms with Crippen molar-refractivity contribution in [1.29, 1.82) is 0 Å². The molecule has 128 valence electrons. The molecule has 0 N–H and O–H groups in total. The molecule has 25 heavy (non-hydrogen) atoms. The van der Waals surface area contributed by atoms with Crippen molar-refractivity contribution < 1.29 is 0 Å². The third kappa shape index (κ3) is 2.58. The van der Waals surface area contributed by atoms with Crippen LogP contribution in [-0.2, 0) is 0 Å². The minimum atomic E-state index is 0.231. The summed E-state index contributed by atoms with van der Waals surface area (Å²) < 4.78 is 0. The molecule has 4 rings (SSSR count). The standard InChI is InChI=1S/C23H22Cl2/c1-12-5-7-14(3)22-16(12)10-20(24)18(22)9-19-21(25)11-17-13(2)6-8-15(4)23(17)19/h5-8,10-11,18-19H,9H2,1-4H3. The third-order valence-corrected chi connectivity index (χ3v) is 6.59. The summed E-state index contributed by atoms with van der Waals surface area (Å²) in [6.07, 6.45) is 5.24. The predicted molar refractivity (Wildman–Crippen MR) is 110 cm³/mol. The first-order valence-corrected chi connectivity index (χ1v) is 9.58. The molecule has 0 nitrogen and oxygen atoms in total. The van der Waals surface area contributed by atoms with E-state index in [2.05, 4.69) is 64.1 Å². The fourth-order valence-electron chi connectivity index (χ4n) is 4.47. The van der Waals surface area contributed by atoms with Gasteiger partial charge < -0.3 is 0 Å². The van der Waals surface area contributed by atoms with Gasteiger partial charge in [0.25, 0.3) is 0 Å². The molecule has 0 saturated heterocycles. The lowest BCUT2D eigenvalue weighted by Gasteiger charge is -2.23. The van der Waals surface area contributed by atoms with Gasteiger partial charge in [-0.05, 0) is 90.8 Å². The molecule has 2 aromatic rings. The zero-order valence-electron chi connectivity index (χ0n) is 15.1. The van der Waals surface area contributed by atoms with Gasteiger partial charge in [-0.25, -0.2) is 0 Å². The molecule has 2 aromatic carbocycles. The van der Waals surface area contributed by atoms with E-state index in [9.17, 15) is 0 Å². The Kier molecular flexibility index (Phi) is 4.09. The fraction of sp³-hybridized carbons (Fsp3) is 0.304. The van der Waals surface area contributed by atoms with Crippen molar-refractivity contribution in [3.63, 3.8) is 0 Å². The highest BCUT2D eigenvalue weighted by atomic mass is 35.5. The van der Waals surface area contributed by atoms with Crippen LogP contribution in [0, 0.1) is 27.7 Å². The van der Waals surface area contributed by atoms with E-state index in [1.807, 2.05) is 0 Å². The van der Waals surface area contributed by atoms with Gasteiger partial charge in [0.15, 0.2) is 0 Å². The third-order valence-electron chi connectivity index (χ3n) is 5.84. The number of aryl methyl sites for hydroxylation is 4. The molecule has 0 aliphatic heterocycles. The first-order valence-electron chi connectivity index (χ1n) is 8.83. The smallest absolute Gasteiger partial charge is 0.0262 e. The number of allylic oxidation sites excluding steroid dienone is 2. The van der Waals surface area contributed by atoms with Crippen molar-refractivity contribution in [2.24, 2.45) is 0 Å². The van der Waals surface area contributed by atoms with Crippen LogP contribution >= 0.6 is 23.2 Å². The number of hydrogen-bond acceptors (Lipinski definition) is 0. The molecule has 2 atom stereocenters. The van der Waals surface area contributed by atoms with Crippen LogP contribution in [0.2, 0.25) is 0 Å². The molecule has 0 spiro atoms. The maximum Gasteiger partial charge on any atom is 0.0262 e. The number of rotatable bonds is 2. The predicted octanol–water partition coefficient (Wildman–Crippen LogP) is 7.36. The normalized spacial score (nSPS) is 21.0.